The Kier molecular flexibility index (Phi) is 3.01. The van der Waals surface area contributed by atoms with Crippen LogP contribution < -0.4 is 10.2 Å². The van der Waals surface area contributed by atoms with E-state index in [9.17, 15) is 0 Å². The zero-order valence-electron chi connectivity index (χ0n) is 10.2. The molecular weight excluding hydrogens is 232 g/mol. The van der Waals surface area contributed by atoms with E-state index in [0.29, 0.717) is 12.1 Å². The number of benzene rings is 1. The molecule has 1 N–H and O–H groups in total. The molecule has 0 spiro atoms. The number of hydrogen-bond donors (Lipinski definition) is 1. The van der Waals surface area contributed by atoms with Crippen molar-refractivity contribution in [2.75, 3.05) is 18.0 Å². The van der Waals surface area contributed by atoms with Gasteiger partial charge in [0.25, 0.3) is 0 Å². The van der Waals surface area contributed by atoms with E-state index >= 15 is 0 Å². The third-order valence-electron chi connectivity index (χ3n) is 3.95. The fourth-order valence-electron chi connectivity index (χ4n) is 2.72. The van der Waals surface area contributed by atoms with Crippen molar-refractivity contribution in [3.05, 3.63) is 29.3 Å². The standard InChI is InChI=1S/C14H19ClN2/c1-10-8-16-13(11-6-7-11)9-17(10)14-5-3-2-4-12(14)15/h2-5,10-11,13,16H,6-9H2,1H3. The molecule has 1 heterocycles. The van der Waals surface area contributed by atoms with Gasteiger partial charge in [-0.05, 0) is 37.8 Å². The number of hydrogen-bond acceptors (Lipinski definition) is 2. The van der Waals surface area contributed by atoms with Gasteiger partial charge in [-0.2, -0.15) is 0 Å². The molecule has 2 fully saturated rings. The Hall–Kier alpha value is -0.730. The van der Waals surface area contributed by atoms with E-state index in [1.165, 1.54) is 18.5 Å². The van der Waals surface area contributed by atoms with Crippen molar-refractivity contribution in [1.82, 2.24) is 5.32 Å². The third-order valence-corrected chi connectivity index (χ3v) is 4.27. The van der Waals surface area contributed by atoms with Gasteiger partial charge in [-0.1, -0.05) is 23.7 Å². The summed E-state index contributed by atoms with van der Waals surface area (Å²) in [6.45, 7) is 4.42. The van der Waals surface area contributed by atoms with Crippen molar-refractivity contribution in [1.29, 1.82) is 0 Å². The van der Waals surface area contributed by atoms with Crippen molar-refractivity contribution in [2.24, 2.45) is 5.92 Å². The monoisotopic (exact) mass is 250 g/mol. The lowest BCUT2D eigenvalue weighted by molar-refractivity contribution is 0.376. The van der Waals surface area contributed by atoms with Crippen LogP contribution in [0.15, 0.2) is 24.3 Å². The molecule has 2 aliphatic rings. The molecule has 17 heavy (non-hydrogen) atoms. The predicted molar refractivity (Wildman–Crippen MR) is 72.8 cm³/mol. The normalized spacial score (nSPS) is 29.4. The molecule has 1 aliphatic heterocycles. The third kappa shape index (κ3) is 2.29. The van der Waals surface area contributed by atoms with Gasteiger partial charge in [0.05, 0.1) is 10.7 Å². The molecule has 2 nitrogen and oxygen atoms in total. The Bertz CT molecular complexity index is 403. The molecule has 1 aliphatic carbocycles. The van der Waals surface area contributed by atoms with E-state index in [2.05, 4.69) is 29.3 Å². The molecule has 0 amide bonds. The smallest absolute Gasteiger partial charge is 0.0639 e. The summed E-state index contributed by atoms with van der Waals surface area (Å²) in [5.74, 6) is 0.896. The Labute approximate surface area is 108 Å². The average molecular weight is 251 g/mol. The van der Waals surface area contributed by atoms with E-state index in [0.717, 1.165) is 24.0 Å². The van der Waals surface area contributed by atoms with Crippen molar-refractivity contribution >= 4 is 17.3 Å². The van der Waals surface area contributed by atoms with Gasteiger partial charge in [-0.25, -0.2) is 0 Å². The summed E-state index contributed by atoms with van der Waals surface area (Å²) in [7, 11) is 0. The first-order valence-corrected chi connectivity index (χ1v) is 6.88. The number of halogens is 1. The van der Waals surface area contributed by atoms with E-state index in [1.54, 1.807) is 0 Å². The first kappa shape index (κ1) is 11.4. The van der Waals surface area contributed by atoms with Gasteiger partial charge in [0, 0.05) is 25.2 Å². The summed E-state index contributed by atoms with van der Waals surface area (Å²) in [5.41, 5.74) is 1.19. The van der Waals surface area contributed by atoms with Crippen LogP contribution in [0.4, 0.5) is 5.69 Å². The molecule has 1 saturated carbocycles. The molecule has 0 radical (unpaired) electrons. The highest BCUT2D eigenvalue weighted by atomic mass is 35.5. The van der Waals surface area contributed by atoms with E-state index < -0.39 is 0 Å². The Morgan fingerprint density at radius 3 is 2.76 bits per heavy atom. The molecule has 2 atom stereocenters. The van der Waals surface area contributed by atoms with Gasteiger partial charge in [-0.3, -0.25) is 0 Å². The van der Waals surface area contributed by atoms with Gasteiger partial charge in [-0.15, -0.1) is 0 Å². The molecule has 1 aromatic carbocycles. The zero-order chi connectivity index (χ0) is 11.8. The number of piperazine rings is 1. The fraction of sp³-hybridized carbons (Fsp3) is 0.571. The maximum atomic E-state index is 6.30. The maximum absolute atomic E-state index is 6.30. The summed E-state index contributed by atoms with van der Waals surface area (Å²) in [6.07, 6.45) is 2.78. The quantitative estimate of drug-likeness (QED) is 0.868. The Morgan fingerprint density at radius 2 is 2.06 bits per heavy atom. The predicted octanol–water partition coefficient (Wildman–Crippen LogP) is 2.92. The van der Waals surface area contributed by atoms with Crippen molar-refractivity contribution < 1.29 is 0 Å². The molecule has 1 aromatic rings. The van der Waals surface area contributed by atoms with E-state index in [4.69, 9.17) is 11.6 Å². The summed E-state index contributed by atoms with van der Waals surface area (Å²) in [6, 6.07) is 9.36. The minimum atomic E-state index is 0.518. The van der Waals surface area contributed by atoms with Crippen LogP contribution in [0.5, 0.6) is 0 Å². The van der Waals surface area contributed by atoms with Crippen LogP contribution in [0.25, 0.3) is 0 Å². The van der Waals surface area contributed by atoms with Crippen LogP contribution in [-0.4, -0.2) is 25.2 Å². The first-order valence-electron chi connectivity index (χ1n) is 6.50. The SMILES string of the molecule is CC1CNC(C2CC2)CN1c1ccccc1Cl. The molecule has 0 bridgehead atoms. The number of anilines is 1. The number of nitrogens with zero attached hydrogens (tertiary/aromatic N) is 1. The fourth-order valence-corrected chi connectivity index (χ4v) is 2.97. The molecule has 3 heteroatoms. The van der Waals surface area contributed by atoms with Crippen LogP contribution >= 0.6 is 11.6 Å². The second-order valence-electron chi connectivity index (χ2n) is 5.30. The summed E-state index contributed by atoms with van der Waals surface area (Å²) >= 11 is 6.30. The molecular formula is C14H19ClN2. The lowest BCUT2D eigenvalue weighted by atomic mass is 10.1. The topological polar surface area (TPSA) is 15.3 Å². The van der Waals surface area contributed by atoms with Gasteiger partial charge in [0.15, 0.2) is 0 Å². The second-order valence-corrected chi connectivity index (χ2v) is 5.71. The Morgan fingerprint density at radius 1 is 1.29 bits per heavy atom. The molecule has 3 rings (SSSR count). The molecule has 1 saturated heterocycles. The van der Waals surface area contributed by atoms with Crippen LogP contribution in [0.2, 0.25) is 5.02 Å². The Balaban J connectivity index is 1.82. The first-order chi connectivity index (χ1) is 8.25. The van der Waals surface area contributed by atoms with E-state index in [1.807, 2.05) is 12.1 Å². The minimum Gasteiger partial charge on any atom is -0.365 e. The summed E-state index contributed by atoms with van der Waals surface area (Å²) < 4.78 is 0. The van der Waals surface area contributed by atoms with Crippen LogP contribution in [0.1, 0.15) is 19.8 Å². The molecule has 0 aromatic heterocycles. The zero-order valence-corrected chi connectivity index (χ0v) is 11.0. The molecule has 2 unspecified atom stereocenters. The summed E-state index contributed by atoms with van der Waals surface area (Å²) in [5, 5.41) is 4.54. The van der Waals surface area contributed by atoms with Crippen molar-refractivity contribution in [2.45, 2.75) is 31.8 Å². The van der Waals surface area contributed by atoms with Gasteiger partial charge in [0.1, 0.15) is 0 Å². The largest absolute Gasteiger partial charge is 0.365 e. The van der Waals surface area contributed by atoms with Gasteiger partial charge in [0.2, 0.25) is 0 Å². The highest BCUT2D eigenvalue weighted by Crippen LogP contribution is 2.36. The summed E-state index contributed by atoms with van der Waals surface area (Å²) in [4.78, 5) is 2.46. The lowest BCUT2D eigenvalue weighted by Gasteiger charge is -2.41. The van der Waals surface area contributed by atoms with Gasteiger partial charge >= 0.3 is 0 Å². The highest BCUT2D eigenvalue weighted by Gasteiger charge is 2.36. The van der Waals surface area contributed by atoms with Crippen LogP contribution in [0.3, 0.4) is 0 Å². The van der Waals surface area contributed by atoms with Gasteiger partial charge < -0.3 is 10.2 Å². The minimum absolute atomic E-state index is 0.518. The lowest BCUT2D eigenvalue weighted by Crippen LogP contribution is -2.56. The van der Waals surface area contributed by atoms with E-state index in [-0.39, 0.29) is 0 Å². The molecule has 92 valence electrons. The van der Waals surface area contributed by atoms with Crippen LogP contribution in [-0.2, 0) is 0 Å². The average Bonchev–Trinajstić information content (AvgIpc) is 3.15. The second kappa shape index (κ2) is 4.51. The van der Waals surface area contributed by atoms with Crippen LogP contribution in [0, 0.1) is 5.92 Å². The van der Waals surface area contributed by atoms with Crippen molar-refractivity contribution in [3.63, 3.8) is 0 Å². The number of para-hydroxylation sites is 1. The van der Waals surface area contributed by atoms with Crippen molar-refractivity contribution in [3.8, 4) is 0 Å². The number of rotatable bonds is 2. The number of nitrogens with one attached hydrogen (secondary N) is 1. The highest BCUT2D eigenvalue weighted by molar-refractivity contribution is 6.33. The maximum Gasteiger partial charge on any atom is 0.0639 e.